The molecule has 2 heterocycles. The van der Waals surface area contributed by atoms with Gasteiger partial charge >= 0.3 is 0 Å². The van der Waals surface area contributed by atoms with Crippen LogP contribution in [0.1, 0.15) is 0 Å². The van der Waals surface area contributed by atoms with E-state index in [9.17, 15) is 0 Å². The van der Waals surface area contributed by atoms with Gasteiger partial charge in [-0.15, -0.1) is 0 Å². The van der Waals surface area contributed by atoms with Gasteiger partial charge in [0.1, 0.15) is 5.03 Å². The highest BCUT2D eigenvalue weighted by Crippen LogP contribution is 2.37. The van der Waals surface area contributed by atoms with E-state index >= 15 is 0 Å². The second-order valence-electron chi connectivity index (χ2n) is 9.34. The molecule has 0 saturated carbocycles. The van der Waals surface area contributed by atoms with Crippen LogP contribution in [-0.2, 0) is 0 Å². The van der Waals surface area contributed by atoms with Crippen LogP contribution in [0.3, 0.4) is 0 Å². The van der Waals surface area contributed by atoms with Crippen LogP contribution in [0, 0.1) is 0 Å². The van der Waals surface area contributed by atoms with Gasteiger partial charge in [0, 0.05) is 26.7 Å². The van der Waals surface area contributed by atoms with Crippen molar-refractivity contribution in [2.24, 2.45) is 0 Å². The fraction of sp³-hybridized carbons (Fsp3) is 0. The van der Waals surface area contributed by atoms with Gasteiger partial charge < -0.3 is 4.98 Å². The summed E-state index contributed by atoms with van der Waals surface area (Å²) < 4.78 is 0. The summed E-state index contributed by atoms with van der Waals surface area (Å²) in [7, 11) is 0. The predicted molar refractivity (Wildman–Crippen MR) is 160 cm³/mol. The lowest BCUT2D eigenvalue weighted by atomic mass is 9.95. The molecule has 0 aliphatic rings. The molecule has 0 unspecified atom stereocenters. The first-order chi connectivity index (χ1) is 18.8. The van der Waals surface area contributed by atoms with Crippen molar-refractivity contribution in [3.05, 3.63) is 140 Å². The van der Waals surface area contributed by atoms with Crippen molar-refractivity contribution < 1.29 is 0 Å². The van der Waals surface area contributed by atoms with Gasteiger partial charge in [0.05, 0.1) is 11.2 Å². The highest BCUT2D eigenvalue weighted by atomic mass is 32.2. The lowest BCUT2D eigenvalue weighted by Gasteiger charge is -2.12. The van der Waals surface area contributed by atoms with E-state index < -0.39 is 0 Å². The molecule has 0 bridgehead atoms. The first kappa shape index (κ1) is 22.6. The highest BCUT2D eigenvalue weighted by molar-refractivity contribution is 7.99. The van der Waals surface area contributed by atoms with Crippen molar-refractivity contribution in [3.8, 4) is 33.5 Å². The summed E-state index contributed by atoms with van der Waals surface area (Å²) in [5.74, 6) is 0. The molecule has 0 fully saturated rings. The van der Waals surface area contributed by atoms with Gasteiger partial charge in [0.15, 0.2) is 0 Å². The number of aromatic amines is 1. The number of benzene rings is 5. The Morgan fingerprint density at radius 2 is 1.08 bits per heavy atom. The first-order valence-corrected chi connectivity index (χ1v) is 13.5. The number of fused-ring (bicyclic) bond motifs is 3. The Morgan fingerprint density at radius 3 is 1.82 bits per heavy atom. The maximum Gasteiger partial charge on any atom is 0.102 e. The van der Waals surface area contributed by atoms with Crippen LogP contribution in [0.25, 0.3) is 55.3 Å². The summed E-state index contributed by atoms with van der Waals surface area (Å²) in [4.78, 5) is 9.91. The zero-order valence-electron chi connectivity index (χ0n) is 20.6. The van der Waals surface area contributed by atoms with Crippen molar-refractivity contribution in [1.29, 1.82) is 0 Å². The number of nitrogens with one attached hydrogen (secondary N) is 1. The van der Waals surface area contributed by atoms with Gasteiger partial charge in [-0.25, -0.2) is 4.98 Å². The molecule has 0 saturated heterocycles. The van der Waals surface area contributed by atoms with Crippen LogP contribution in [0.5, 0.6) is 0 Å². The minimum atomic E-state index is 0.966. The molecule has 0 atom stereocenters. The van der Waals surface area contributed by atoms with E-state index in [4.69, 9.17) is 4.98 Å². The van der Waals surface area contributed by atoms with Gasteiger partial charge in [0.2, 0.25) is 0 Å². The monoisotopic (exact) mass is 504 g/mol. The largest absolute Gasteiger partial charge is 0.354 e. The van der Waals surface area contributed by atoms with E-state index in [1.54, 1.807) is 11.8 Å². The van der Waals surface area contributed by atoms with E-state index in [0.29, 0.717) is 0 Å². The lowest BCUT2D eigenvalue weighted by Crippen LogP contribution is -1.90. The molecule has 0 amide bonds. The van der Waals surface area contributed by atoms with Crippen molar-refractivity contribution in [2.45, 2.75) is 9.92 Å². The number of para-hydroxylation sites is 2. The van der Waals surface area contributed by atoms with E-state index in [0.717, 1.165) is 27.3 Å². The molecular formula is C35H24N2S. The second kappa shape index (κ2) is 9.70. The van der Waals surface area contributed by atoms with E-state index in [1.807, 2.05) is 0 Å². The predicted octanol–water partition coefficient (Wildman–Crippen LogP) is 9.87. The Kier molecular flexibility index (Phi) is 5.76. The molecule has 38 heavy (non-hydrogen) atoms. The molecule has 0 spiro atoms. The van der Waals surface area contributed by atoms with Gasteiger partial charge in [-0.05, 0) is 64.7 Å². The van der Waals surface area contributed by atoms with E-state index in [2.05, 4.69) is 145 Å². The minimum absolute atomic E-state index is 0.966. The zero-order valence-corrected chi connectivity index (χ0v) is 21.5. The van der Waals surface area contributed by atoms with Gasteiger partial charge in [-0.1, -0.05) is 109 Å². The van der Waals surface area contributed by atoms with Crippen LogP contribution in [0.4, 0.5) is 0 Å². The normalized spacial score (nSPS) is 11.3. The Bertz CT molecular complexity index is 1830. The number of H-pyrrole nitrogens is 1. The van der Waals surface area contributed by atoms with Crippen molar-refractivity contribution in [3.63, 3.8) is 0 Å². The van der Waals surface area contributed by atoms with E-state index in [-0.39, 0.29) is 0 Å². The number of aromatic nitrogens is 2. The standard InChI is InChI=1S/C35H24N2S/c1-3-11-24(12-4-1)26-21-27(25-13-5-2-6-14-25)23-28(22-26)31-18-10-20-34(36-31)38-33-19-9-16-30-29-15-7-8-17-32(29)37-35(30)33/h1-23,37H. The fourth-order valence-electron chi connectivity index (χ4n) is 5.05. The van der Waals surface area contributed by atoms with Gasteiger partial charge in [-0.3, -0.25) is 0 Å². The molecule has 180 valence electrons. The Morgan fingerprint density at radius 1 is 0.474 bits per heavy atom. The number of hydrogen-bond acceptors (Lipinski definition) is 2. The van der Waals surface area contributed by atoms with Gasteiger partial charge in [-0.2, -0.15) is 0 Å². The third-order valence-electron chi connectivity index (χ3n) is 6.88. The number of nitrogens with zero attached hydrogens (tertiary/aromatic N) is 1. The average Bonchev–Trinajstić information content (AvgIpc) is 3.38. The summed E-state index contributed by atoms with van der Waals surface area (Å²) in [6.07, 6.45) is 0. The quantitative estimate of drug-likeness (QED) is 0.253. The first-order valence-electron chi connectivity index (χ1n) is 12.7. The number of rotatable bonds is 5. The molecule has 1 N–H and O–H groups in total. The summed E-state index contributed by atoms with van der Waals surface area (Å²) in [5.41, 5.74) is 9.15. The maximum absolute atomic E-state index is 5.12. The van der Waals surface area contributed by atoms with Crippen molar-refractivity contribution in [1.82, 2.24) is 9.97 Å². The van der Waals surface area contributed by atoms with E-state index in [1.165, 1.54) is 37.9 Å². The molecule has 2 aromatic heterocycles. The summed E-state index contributed by atoms with van der Waals surface area (Å²) >= 11 is 1.70. The topological polar surface area (TPSA) is 28.7 Å². The number of hydrogen-bond donors (Lipinski definition) is 1. The third kappa shape index (κ3) is 4.27. The SMILES string of the molecule is c1ccc(-c2cc(-c3ccccc3)cc(-c3cccc(Sc4cccc5c4[nH]c4ccccc45)n3)c2)cc1. The van der Waals surface area contributed by atoms with Gasteiger partial charge in [0.25, 0.3) is 0 Å². The second-order valence-corrected chi connectivity index (χ2v) is 10.4. The summed E-state index contributed by atoms with van der Waals surface area (Å²) in [6, 6.07) is 49.1. The number of pyridine rings is 1. The van der Waals surface area contributed by atoms with Crippen LogP contribution >= 0.6 is 11.8 Å². The third-order valence-corrected chi connectivity index (χ3v) is 7.88. The molecule has 2 nitrogen and oxygen atoms in total. The maximum atomic E-state index is 5.12. The Balaban J connectivity index is 1.31. The summed E-state index contributed by atoms with van der Waals surface area (Å²) in [5, 5.41) is 3.46. The Labute approximate surface area is 226 Å². The molecule has 0 aliphatic heterocycles. The smallest absolute Gasteiger partial charge is 0.102 e. The molecule has 3 heteroatoms. The van der Waals surface area contributed by atoms with Crippen molar-refractivity contribution in [2.75, 3.05) is 0 Å². The minimum Gasteiger partial charge on any atom is -0.354 e. The molecule has 7 rings (SSSR count). The molecule has 7 aromatic rings. The molecule has 0 radical (unpaired) electrons. The fourth-order valence-corrected chi connectivity index (χ4v) is 5.97. The molecule has 0 aliphatic carbocycles. The van der Waals surface area contributed by atoms with Crippen LogP contribution in [-0.4, -0.2) is 9.97 Å². The average molecular weight is 505 g/mol. The van der Waals surface area contributed by atoms with Crippen LogP contribution < -0.4 is 0 Å². The molecule has 5 aromatic carbocycles. The zero-order chi connectivity index (χ0) is 25.3. The highest BCUT2D eigenvalue weighted by Gasteiger charge is 2.12. The van der Waals surface area contributed by atoms with Crippen LogP contribution in [0.2, 0.25) is 0 Å². The van der Waals surface area contributed by atoms with Crippen LogP contribution in [0.15, 0.2) is 149 Å². The lowest BCUT2D eigenvalue weighted by molar-refractivity contribution is 1.14. The molecular weight excluding hydrogens is 480 g/mol. The van der Waals surface area contributed by atoms with Crippen molar-refractivity contribution >= 4 is 33.6 Å². The Hall–Kier alpha value is -4.60. The summed E-state index contributed by atoms with van der Waals surface area (Å²) in [6.45, 7) is 0.